The van der Waals surface area contributed by atoms with Crippen LogP contribution in [0.2, 0.25) is 0 Å². The summed E-state index contributed by atoms with van der Waals surface area (Å²) in [6.45, 7) is 3.65. The number of anilines is 1. The van der Waals surface area contributed by atoms with E-state index in [1.54, 1.807) is 14.2 Å². The van der Waals surface area contributed by atoms with Gasteiger partial charge in [-0.25, -0.2) is 4.98 Å². The minimum atomic E-state index is 0.202. The quantitative estimate of drug-likeness (QED) is 0.578. The fourth-order valence-corrected chi connectivity index (χ4v) is 3.28. The molecule has 5 heteroatoms. The van der Waals surface area contributed by atoms with Gasteiger partial charge in [0.05, 0.1) is 14.2 Å². The van der Waals surface area contributed by atoms with Gasteiger partial charge < -0.3 is 19.7 Å². The van der Waals surface area contributed by atoms with Gasteiger partial charge in [-0.05, 0) is 55.4 Å². The molecule has 0 fully saturated rings. The van der Waals surface area contributed by atoms with Gasteiger partial charge in [-0.2, -0.15) is 0 Å². The number of hydrogen-bond donors (Lipinski definition) is 1. The van der Waals surface area contributed by atoms with Gasteiger partial charge in [-0.1, -0.05) is 30.3 Å². The zero-order valence-electron chi connectivity index (χ0n) is 17.6. The van der Waals surface area contributed by atoms with Gasteiger partial charge in [-0.3, -0.25) is 0 Å². The highest BCUT2D eigenvalue weighted by atomic mass is 16.5. The minimum Gasteiger partial charge on any atom is -0.497 e. The van der Waals surface area contributed by atoms with Crippen LogP contribution < -0.4 is 19.7 Å². The van der Waals surface area contributed by atoms with E-state index in [-0.39, 0.29) is 6.04 Å². The van der Waals surface area contributed by atoms with E-state index in [1.165, 1.54) is 16.7 Å². The fourth-order valence-electron chi connectivity index (χ4n) is 3.28. The van der Waals surface area contributed by atoms with Crippen LogP contribution in [0.3, 0.4) is 0 Å². The molecule has 0 bridgehead atoms. The minimum absolute atomic E-state index is 0.202. The van der Waals surface area contributed by atoms with Crippen molar-refractivity contribution in [2.75, 3.05) is 26.2 Å². The summed E-state index contributed by atoms with van der Waals surface area (Å²) in [4.78, 5) is 7.06. The lowest BCUT2D eigenvalue weighted by molar-refractivity contribution is 0.414. The molecule has 0 radical (unpaired) electrons. The van der Waals surface area contributed by atoms with Crippen molar-refractivity contribution in [2.45, 2.75) is 26.1 Å². The van der Waals surface area contributed by atoms with Crippen LogP contribution in [0.1, 0.15) is 29.7 Å². The second kappa shape index (κ2) is 9.94. The first kappa shape index (κ1) is 20.7. The number of rotatable bonds is 9. The van der Waals surface area contributed by atoms with Crippen LogP contribution in [0.4, 0.5) is 5.82 Å². The summed E-state index contributed by atoms with van der Waals surface area (Å²) in [5.41, 5.74) is 3.58. The Bertz CT molecular complexity index is 845. The molecule has 1 aromatic heterocycles. The molecule has 0 unspecified atom stereocenters. The molecule has 152 valence electrons. The predicted octanol–water partition coefficient (Wildman–Crippen LogP) is 4.59. The summed E-state index contributed by atoms with van der Waals surface area (Å²) < 4.78 is 10.6. The summed E-state index contributed by atoms with van der Waals surface area (Å²) in [6, 6.07) is 20.7. The van der Waals surface area contributed by atoms with E-state index in [0.29, 0.717) is 0 Å². The monoisotopic (exact) mass is 391 g/mol. The summed E-state index contributed by atoms with van der Waals surface area (Å²) >= 11 is 0. The van der Waals surface area contributed by atoms with E-state index in [1.807, 2.05) is 43.6 Å². The number of aromatic nitrogens is 1. The Labute approximate surface area is 173 Å². The smallest absolute Gasteiger partial charge is 0.133 e. The van der Waals surface area contributed by atoms with Crippen molar-refractivity contribution in [3.63, 3.8) is 0 Å². The molecular weight excluding hydrogens is 362 g/mol. The molecule has 3 rings (SSSR count). The molecule has 0 spiro atoms. The second-order valence-corrected chi connectivity index (χ2v) is 6.98. The van der Waals surface area contributed by atoms with Crippen LogP contribution >= 0.6 is 0 Å². The zero-order valence-corrected chi connectivity index (χ0v) is 17.6. The lowest BCUT2D eigenvalue weighted by atomic mass is 10.1. The molecular formula is C24H29N3O2. The van der Waals surface area contributed by atoms with E-state index in [2.05, 4.69) is 47.5 Å². The van der Waals surface area contributed by atoms with Crippen LogP contribution in [0.15, 0.2) is 66.9 Å². The van der Waals surface area contributed by atoms with Crippen LogP contribution in [-0.2, 0) is 13.1 Å². The largest absolute Gasteiger partial charge is 0.497 e. The lowest BCUT2D eigenvalue weighted by Gasteiger charge is -2.28. The van der Waals surface area contributed by atoms with Crippen LogP contribution in [-0.4, -0.2) is 26.3 Å². The average Bonchev–Trinajstić information content (AvgIpc) is 2.79. The molecule has 1 N–H and O–H groups in total. The molecule has 1 atom stereocenters. The number of hydrogen-bond acceptors (Lipinski definition) is 5. The molecule has 3 aromatic rings. The van der Waals surface area contributed by atoms with Gasteiger partial charge in [0.25, 0.3) is 0 Å². The van der Waals surface area contributed by atoms with E-state index in [4.69, 9.17) is 14.5 Å². The van der Waals surface area contributed by atoms with Crippen molar-refractivity contribution < 1.29 is 9.47 Å². The van der Waals surface area contributed by atoms with Gasteiger partial charge in [0.15, 0.2) is 0 Å². The second-order valence-electron chi connectivity index (χ2n) is 6.98. The Morgan fingerprint density at radius 3 is 1.83 bits per heavy atom. The maximum Gasteiger partial charge on any atom is 0.133 e. The maximum atomic E-state index is 5.30. The van der Waals surface area contributed by atoms with Crippen molar-refractivity contribution >= 4 is 5.82 Å². The van der Waals surface area contributed by atoms with Gasteiger partial charge in [-0.15, -0.1) is 0 Å². The maximum absolute atomic E-state index is 5.30. The van der Waals surface area contributed by atoms with E-state index >= 15 is 0 Å². The first-order valence-electron chi connectivity index (χ1n) is 9.77. The molecule has 0 saturated carbocycles. The zero-order chi connectivity index (χ0) is 20.6. The van der Waals surface area contributed by atoms with Crippen molar-refractivity contribution in [1.82, 2.24) is 10.3 Å². The Hall–Kier alpha value is -3.05. The third-order valence-corrected chi connectivity index (χ3v) is 5.08. The van der Waals surface area contributed by atoms with E-state index in [9.17, 15) is 0 Å². The number of methoxy groups -OCH3 is 2. The molecule has 0 saturated heterocycles. The highest BCUT2D eigenvalue weighted by Crippen LogP contribution is 2.27. The van der Waals surface area contributed by atoms with Gasteiger partial charge in [0.1, 0.15) is 17.3 Å². The number of ether oxygens (including phenoxy) is 2. The molecule has 5 nitrogen and oxygen atoms in total. The summed E-state index contributed by atoms with van der Waals surface area (Å²) in [5, 5.41) is 3.33. The number of pyridine rings is 1. The normalized spacial score (nSPS) is 11.7. The van der Waals surface area contributed by atoms with E-state index < -0.39 is 0 Å². The van der Waals surface area contributed by atoms with Crippen LogP contribution in [0.25, 0.3) is 0 Å². The molecule has 2 aromatic carbocycles. The van der Waals surface area contributed by atoms with Crippen molar-refractivity contribution in [1.29, 1.82) is 0 Å². The Balaban J connectivity index is 1.94. The molecule has 0 aliphatic carbocycles. The molecule has 0 aliphatic heterocycles. The first-order valence-corrected chi connectivity index (χ1v) is 9.77. The third kappa shape index (κ3) is 5.27. The number of nitrogens with one attached hydrogen (secondary N) is 1. The topological polar surface area (TPSA) is 46.6 Å². The lowest BCUT2D eigenvalue weighted by Crippen LogP contribution is -2.26. The molecule has 0 aliphatic rings. The Morgan fingerprint density at radius 2 is 1.38 bits per heavy atom. The van der Waals surface area contributed by atoms with Crippen molar-refractivity contribution in [3.05, 3.63) is 83.6 Å². The summed E-state index contributed by atoms with van der Waals surface area (Å²) in [5.74, 6) is 2.71. The Morgan fingerprint density at radius 1 is 0.862 bits per heavy atom. The highest BCUT2D eigenvalue weighted by Gasteiger charge is 2.17. The average molecular weight is 392 g/mol. The number of benzene rings is 2. The van der Waals surface area contributed by atoms with Gasteiger partial charge >= 0.3 is 0 Å². The van der Waals surface area contributed by atoms with Crippen molar-refractivity contribution in [3.8, 4) is 11.5 Å². The SMILES string of the molecule is CN[C@@H](C)c1cccnc1N(Cc1ccc(OC)cc1)Cc1ccc(OC)cc1. The Kier molecular flexibility index (Phi) is 7.09. The van der Waals surface area contributed by atoms with Crippen molar-refractivity contribution in [2.24, 2.45) is 0 Å². The number of nitrogens with zero attached hydrogens (tertiary/aromatic N) is 2. The molecule has 29 heavy (non-hydrogen) atoms. The summed E-state index contributed by atoms with van der Waals surface area (Å²) in [7, 11) is 5.34. The standard InChI is InChI=1S/C24H29N3O2/c1-18(25-2)23-6-5-15-26-24(23)27(16-19-7-11-21(28-3)12-8-19)17-20-9-13-22(29-4)14-10-20/h5-15,18,25H,16-17H2,1-4H3/t18-/m0/s1. The predicted molar refractivity (Wildman–Crippen MR) is 118 cm³/mol. The summed E-state index contributed by atoms with van der Waals surface area (Å²) in [6.07, 6.45) is 1.86. The third-order valence-electron chi connectivity index (χ3n) is 5.08. The van der Waals surface area contributed by atoms with E-state index in [0.717, 1.165) is 30.4 Å². The fraction of sp³-hybridized carbons (Fsp3) is 0.292. The van der Waals surface area contributed by atoms with Crippen LogP contribution in [0.5, 0.6) is 11.5 Å². The van der Waals surface area contributed by atoms with Gasteiger partial charge in [0.2, 0.25) is 0 Å². The van der Waals surface area contributed by atoms with Crippen LogP contribution in [0, 0.1) is 0 Å². The highest BCUT2D eigenvalue weighted by molar-refractivity contribution is 5.50. The first-order chi connectivity index (χ1) is 14.1. The van der Waals surface area contributed by atoms with Gasteiger partial charge in [0, 0.05) is 30.9 Å². The molecule has 0 amide bonds. The molecule has 1 heterocycles.